The van der Waals surface area contributed by atoms with E-state index in [0.717, 1.165) is 25.3 Å². The van der Waals surface area contributed by atoms with Gasteiger partial charge < -0.3 is 5.11 Å². The third-order valence-corrected chi connectivity index (χ3v) is 5.67. The molecule has 2 saturated carbocycles. The van der Waals surface area contributed by atoms with Gasteiger partial charge in [0.25, 0.3) is 0 Å². The van der Waals surface area contributed by atoms with Crippen LogP contribution >= 0.6 is 0 Å². The molecule has 0 spiro atoms. The molecule has 1 N–H and O–H groups in total. The molecule has 0 bridgehead atoms. The Hall–Kier alpha value is -1.12. The number of carbonyl (C=O) groups is 2. The summed E-state index contributed by atoms with van der Waals surface area (Å²) in [5, 5.41) is 8.85. The maximum Gasteiger partial charge on any atom is 0.328 e. The molecule has 18 heavy (non-hydrogen) atoms. The Morgan fingerprint density at radius 3 is 2.67 bits per heavy atom. The summed E-state index contributed by atoms with van der Waals surface area (Å²) in [7, 11) is 0. The second-order valence-corrected chi connectivity index (χ2v) is 6.38. The van der Waals surface area contributed by atoms with Gasteiger partial charge in [-0.2, -0.15) is 0 Å². The van der Waals surface area contributed by atoms with E-state index >= 15 is 0 Å². The molecule has 3 atom stereocenters. The smallest absolute Gasteiger partial charge is 0.328 e. The van der Waals surface area contributed by atoms with Gasteiger partial charge in [-0.1, -0.05) is 33.6 Å². The molecule has 0 heterocycles. The van der Waals surface area contributed by atoms with Crippen molar-refractivity contribution in [1.82, 2.24) is 0 Å². The highest BCUT2D eigenvalue weighted by Crippen LogP contribution is 2.60. The van der Waals surface area contributed by atoms with Gasteiger partial charge in [-0.3, -0.25) is 4.79 Å². The molecule has 0 unspecified atom stereocenters. The first-order valence-electron chi connectivity index (χ1n) is 6.79. The van der Waals surface area contributed by atoms with Gasteiger partial charge in [0.05, 0.1) is 0 Å². The Morgan fingerprint density at radius 1 is 1.39 bits per heavy atom. The van der Waals surface area contributed by atoms with Crippen molar-refractivity contribution in [2.24, 2.45) is 16.7 Å². The van der Waals surface area contributed by atoms with Crippen LogP contribution in [0.5, 0.6) is 0 Å². The third-order valence-electron chi connectivity index (χ3n) is 5.67. The molecule has 3 heteroatoms. The first kappa shape index (κ1) is 13.3. The van der Waals surface area contributed by atoms with E-state index in [0.29, 0.717) is 17.9 Å². The van der Waals surface area contributed by atoms with Gasteiger partial charge in [0, 0.05) is 17.1 Å². The number of allylic oxidation sites excluding steroid dienone is 1. The van der Waals surface area contributed by atoms with Crippen molar-refractivity contribution in [2.45, 2.75) is 52.9 Å². The quantitative estimate of drug-likeness (QED) is 0.727. The average Bonchev–Trinajstić information content (AvgIpc) is 2.29. The first-order valence-corrected chi connectivity index (χ1v) is 6.79. The van der Waals surface area contributed by atoms with Gasteiger partial charge in [0.15, 0.2) is 5.78 Å². The highest BCUT2D eigenvalue weighted by Gasteiger charge is 2.56. The van der Waals surface area contributed by atoms with Crippen LogP contribution in [0.2, 0.25) is 0 Å². The van der Waals surface area contributed by atoms with Crippen molar-refractivity contribution in [3.63, 3.8) is 0 Å². The lowest BCUT2D eigenvalue weighted by Crippen LogP contribution is -2.53. The van der Waals surface area contributed by atoms with Crippen molar-refractivity contribution >= 4 is 11.8 Å². The van der Waals surface area contributed by atoms with E-state index in [1.165, 1.54) is 6.42 Å². The van der Waals surface area contributed by atoms with Crippen LogP contribution in [0.3, 0.4) is 0 Å². The number of ketones is 1. The topological polar surface area (TPSA) is 54.4 Å². The highest BCUT2D eigenvalue weighted by atomic mass is 16.4. The second-order valence-electron chi connectivity index (χ2n) is 6.38. The molecular weight excluding hydrogens is 228 g/mol. The molecule has 0 aromatic rings. The second kappa shape index (κ2) is 4.22. The molecule has 2 aliphatic rings. The predicted molar refractivity (Wildman–Crippen MR) is 69.2 cm³/mol. The molecule has 2 rings (SSSR count). The number of Topliss-reactive ketones (excluding diaryl/α,β-unsaturated/α-hetero) is 1. The molecule has 0 aromatic heterocycles. The summed E-state index contributed by atoms with van der Waals surface area (Å²) < 4.78 is 0. The molecule has 3 nitrogen and oxygen atoms in total. The minimum Gasteiger partial charge on any atom is -0.478 e. The Labute approximate surface area is 108 Å². The van der Waals surface area contributed by atoms with Crippen LogP contribution in [0.15, 0.2) is 11.6 Å². The molecule has 2 aliphatic carbocycles. The maximum atomic E-state index is 12.6. The zero-order valence-electron chi connectivity index (χ0n) is 11.5. The number of carboxylic acid groups (broad SMARTS) is 1. The fourth-order valence-electron chi connectivity index (χ4n) is 3.95. The Balaban J connectivity index is 2.41. The lowest BCUT2D eigenvalue weighted by molar-refractivity contribution is -0.144. The molecule has 100 valence electrons. The highest BCUT2D eigenvalue weighted by molar-refractivity contribution is 6.04. The lowest BCUT2D eigenvalue weighted by Gasteiger charge is -2.56. The van der Waals surface area contributed by atoms with Crippen LogP contribution in [0.4, 0.5) is 0 Å². The fourth-order valence-corrected chi connectivity index (χ4v) is 3.95. The summed E-state index contributed by atoms with van der Waals surface area (Å²) in [6.45, 7) is 6.49. The largest absolute Gasteiger partial charge is 0.478 e. The normalized spacial score (nSPS) is 42.7. The Morgan fingerprint density at radius 2 is 2.06 bits per heavy atom. The molecule has 0 aromatic carbocycles. The number of carbonyl (C=O) groups excluding carboxylic acids is 1. The minimum absolute atomic E-state index is 0.0260. The van der Waals surface area contributed by atoms with Gasteiger partial charge >= 0.3 is 5.97 Å². The van der Waals surface area contributed by atoms with E-state index in [-0.39, 0.29) is 16.6 Å². The van der Waals surface area contributed by atoms with Crippen molar-refractivity contribution < 1.29 is 14.7 Å². The van der Waals surface area contributed by atoms with Gasteiger partial charge in [-0.15, -0.1) is 0 Å². The van der Waals surface area contributed by atoms with Crippen LogP contribution in [-0.2, 0) is 9.59 Å². The van der Waals surface area contributed by atoms with Crippen LogP contribution in [0.1, 0.15) is 52.9 Å². The first-order chi connectivity index (χ1) is 8.31. The Kier molecular flexibility index (Phi) is 3.12. The zero-order chi connectivity index (χ0) is 13.6. The standard InChI is InChI=1S/C15H22O3/c1-10-5-4-7-15(3)13(18)11(9-12(16)17)6-8-14(10,15)2/h9-10H,4-8H2,1-3H3,(H,16,17)/b11-9+/t10-,14+,15+/m0/s1. The van der Waals surface area contributed by atoms with E-state index in [9.17, 15) is 9.59 Å². The Bertz CT molecular complexity index is 423. The molecule has 0 aliphatic heterocycles. The van der Waals surface area contributed by atoms with E-state index < -0.39 is 5.97 Å². The average molecular weight is 250 g/mol. The molecular formula is C15H22O3. The number of hydrogen-bond donors (Lipinski definition) is 1. The van der Waals surface area contributed by atoms with E-state index in [2.05, 4.69) is 13.8 Å². The number of carboxylic acids is 1. The maximum absolute atomic E-state index is 12.6. The van der Waals surface area contributed by atoms with Gasteiger partial charge in [0.1, 0.15) is 0 Å². The van der Waals surface area contributed by atoms with Crippen LogP contribution in [-0.4, -0.2) is 16.9 Å². The molecule has 0 saturated heterocycles. The summed E-state index contributed by atoms with van der Waals surface area (Å²) in [6, 6.07) is 0. The van der Waals surface area contributed by atoms with Crippen LogP contribution in [0.25, 0.3) is 0 Å². The van der Waals surface area contributed by atoms with E-state index in [1.54, 1.807) is 0 Å². The number of rotatable bonds is 1. The molecule has 0 radical (unpaired) electrons. The monoisotopic (exact) mass is 250 g/mol. The predicted octanol–water partition coefficient (Wildman–Crippen LogP) is 3.19. The summed E-state index contributed by atoms with van der Waals surface area (Å²) in [5.74, 6) is -0.397. The van der Waals surface area contributed by atoms with Gasteiger partial charge in [-0.25, -0.2) is 4.79 Å². The SMILES string of the molecule is C[C@H]1CCC[C@]2(C)C(=O)/C(=C/C(=O)O)CC[C@]12C. The number of aliphatic carboxylic acids is 1. The van der Waals surface area contributed by atoms with Crippen LogP contribution < -0.4 is 0 Å². The number of fused-ring (bicyclic) bond motifs is 1. The molecule has 2 fully saturated rings. The van der Waals surface area contributed by atoms with Gasteiger partial charge in [-0.05, 0) is 30.6 Å². The van der Waals surface area contributed by atoms with Crippen LogP contribution in [0, 0.1) is 16.7 Å². The summed E-state index contributed by atoms with van der Waals surface area (Å²) in [4.78, 5) is 23.4. The lowest BCUT2D eigenvalue weighted by atomic mass is 9.47. The van der Waals surface area contributed by atoms with Crippen molar-refractivity contribution in [3.05, 3.63) is 11.6 Å². The summed E-state index contributed by atoms with van der Waals surface area (Å²) in [6.07, 6.45) is 5.80. The van der Waals surface area contributed by atoms with E-state index in [1.807, 2.05) is 6.92 Å². The number of hydrogen-bond acceptors (Lipinski definition) is 2. The third kappa shape index (κ3) is 1.72. The summed E-state index contributed by atoms with van der Waals surface area (Å²) >= 11 is 0. The molecule has 0 amide bonds. The fraction of sp³-hybridized carbons (Fsp3) is 0.733. The van der Waals surface area contributed by atoms with E-state index in [4.69, 9.17) is 5.11 Å². The van der Waals surface area contributed by atoms with Crippen molar-refractivity contribution in [1.29, 1.82) is 0 Å². The minimum atomic E-state index is -1.01. The van der Waals surface area contributed by atoms with Crippen molar-refractivity contribution in [3.8, 4) is 0 Å². The van der Waals surface area contributed by atoms with Gasteiger partial charge in [0.2, 0.25) is 0 Å². The van der Waals surface area contributed by atoms with Crippen molar-refractivity contribution in [2.75, 3.05) is 0 Å². The summed E-state index contributed by atoms with van der Waals surface area (Å²) in [5.41, 5.74) is 0.166. The zero-order valence-corrected chi connectivity index (χ0v) is 11.5.